The first-order valence-electron chi connectivity index (χ1n) is 11.5. The van der Waals surface area contributed by atoms with Crippen molar-refractivity contribution < 1.29 is 19.7 Å². The second-order valence-corrected chi connectivity index (χ2v) is 9.27. The van der Waals surface area contributed by atoms with Crippen molar-refractivity contribution in [2.24, 2.45) is 0 Å². The maximum atomic E-state index is 10.8. The van der Waals surface area contributed by atoms with Crippen molar-refractivity contribution in [1.29, 1.82) is 0 Å². The maximum absolute atomic E-state index is 10.8. The van der Waals surface area contributed by atoms with Crippen LogP contribution in [0.25, 0.3) is 0 Å². The summed E-state index contributed by atoms with van der Waals surface area (Å²) in [5.41, 5.74) is 0.774. The van der Waals surface area contributed by atoms with Crippen molar-refractivity contribution >= 4 is 5.97 Å². The van der Waals surface area contributed by atoms with Crippen LogP contribution in [0, 0.1) is 0 Å². The number of hydrogen-bond donors (Lipinski definition) is 1. The summed E-state index contributed by atoms with van der Waals surface area (Å²) >= 11 is 0. The fraction of sp³-hybridized carbons (Fsp3) is 0.720. The van der Waals surface area contributed by atoms with E-state index in [0.29, 0.717) is 6.42 Å². The summed E-state index contributed by atoms with van der Waals surface area (Å²) in [6.07, 6.45) is 15.0. The van der Waals surface area contributed by atoms with Gasteiger partial charge in [0.15, 0.2) is 0 Å². The number of rotatable bonds is 14. The molecule has 1 fully saturated rings. The predicted octanol–water partition coefficient (Wildman–Crippen LogP) is 6.86. The average Bonchev–Trinajstić information content (AvgIpc) is 2.71. The van der Waals surface area contributed by atoms with Gasteiger partial charge in [0, 0.05) is 6.42 Å². The molecule has 0 radical (unpaired) electrons. The lowest BCUT2D eigenvalue weighted by Crippen LogP contribution is -2.44. The van der Waals surface area contributed by atoms with Crippen LogP contribution in [0.2, 0.25) is 0 Å². The number of aryl methyl sites for hydroxylation is 1. The van der Waals surface area contributed by atoms with Crippen molar-refractivity contribution in [2.75, 3.05) is 0 Å². The molecule has 2 rings (SSSR count). The molecule has 1 aromatic carbocycles. The number of hydrogen-bond acceptors (Lipinski definition) is 3. The van der Waals surface area contributed by atoms with E-state index in [1.165, 1.54) is 63.4 Å². The lowest BCUT2D eigenvalue weighted by Gasteiger charge is -2.41. The second kappa shape index (κ2) is 12.3. The molecule has 0 amide bonds. The summed E-state index contributed by atoms with van der Waals surface area (Å²) < 4.78 is 0. The SMILES string of the molecule is CC1(CCCCCCCCCCc2ccccc2)CCC(C)(CCC(=O)O)OO1. The van der Waals surface area contributed by atoms with Crippen LogP contribution in [-0.4, -0.2) is 22.3 Å². The lowest BCUT2D eigenvalue weighted by molar-refractivity contribution is -0.435. The van der Waals surface area contributed by atoms with Crippen LogP contribution in [0.5, 0.6) is 0 Å². The van der Waals surface area contributed by atoms with Gasteiger partial charge in [-0.15, -0.1) is 0 Å². The summed E-state index contributed by atoms with van der Waals surface area (Å²) in [5, 5.41) is 8.86. The molecule has 4 heteroatoms. The van der Waals surface area contributed by atoms with E-state index in [1.807, 2.05) is 6.92 Å². The number of benzene rings is 1. The molecule has 2 atom stereocenters. The van der Waals surface area contributed by atoms with Crippen molar-refractivity contribution in [3.8, 4) is 0 Å². The summed E-state index contributed by atoms with van der Waals surface area (Å²) in [4.78, 5) is 22.1. The molecule has 1 aliphatic rings. The first-order chi connectivity index (χ1) is 13.9. The zero-order valence-corrected chi connectivity index (χ0v) is 18.5. The molecule has 0 aliphatic carbocycles. The fourth-order valence-electron chi connectivity index (χ4n) is 4.05. The normalized spacial score (nSPS) is 24.5. The molecule has 29 heavy (non-hydrogen) atoms. The quantitative estimate of drug-likeness (QED) is 0.272. The highest BCUT2D eigenvalue weighted by molar-refractivity contribution is 5.66. The Bertz CT molecular complexity index is 576. The van der Waals surface area contributed by atoms with E-state index in [9.17, 15) is 4.79 Å². The van der Waals surface area contributed by atoms with Crippen LogP contribution in [0.1, 0.15) is 103 Å². The molecule has 164 valence electrons. The lowest BCUT2D eigenvalue weighted by atomic mass is 9.85. The number of carboxylic acids is 1. The van der Waals surface area contributed by atoms with Gasteiger partial charge in [-0.05, 0) is 57.9 Å². The van der Waals surface area contributed by atoms with Gasteiger partial charge in [-0.1, -0.05) is 75.3 Å². The van der Waals surface area contributed by atoms with Gasteiger partial charge in [-0.25, -0.2) is 9.78 Å². The van der Waals surface area contributed by atoms with Gasteiger partial charge < -0.3 is 5.11 Å². The van der Waals surface area contributed by atoms with Crippen LogP contribution >= 0.6 is 0 Å². The number of carboxylic acid groups (broad SMARTS) is 1. The molecule has 0 bridgehead atoms. The molecule has 0 spiro atoms. The van der Waals surface area contributed by atoms with Crippen molar-refractivity contribution in [1.82, 2.24) is 0 Å². The third kappa shape index (κ3) is 9.77. The molecule has 1 heterocycles. The minimum atomic E-state index is -0.778. The van der Waals surface area contributed by atoms with Gasteiger partial charge >= 0.3 is 5.97 Å². The second-order valence-electron chi connectivity index (χ2n) is 9.27. The Hall–Kier alpha value is -1.39. The third-order valence-corrected chi connectivity index (χ3v) is 6.26. The van der Waals surface area contributed by atoms with Gasteiger partial charge in [-0.2, -0.15) is 0 Å². The van der Waals surface area contributed by atoms with Crippen LogP contribution in [-0.2, 0) is 21.0 Å². The van der Waals surface area contributed by atoms with E-state index >= 15 is 0 Å². The van der Waals surface area contributed by atoms with E-state index in [2.05, 4.69) is 37.3 Å². The summed E-state index contributed by atoms with van der Waals surface area (Å²) in [6.45, 7) is 4.08. The smallest absolute Gasteiger partial charge is 0.303 e. The van der Waals surface area contributed by atoms with E-state index in [0.717, 1.165) is 19.3 Å². The Morgan fingerprint density at radius 1 is 0.828 bits per heavy atom. The maximum Gasteiger partial charge on any atom is 0.303 e. The first-order valence-corrected chi connectivity index (χ1v) is 11.5. The van der Waals surface area contributed by atoms with Crippen molar-refractivity contribution in [3.63, 3.8) is 0 Å². The van der Waals surface area contributed by atoms with Crippen LogP contribution in [0.3, 0.4) is 0 Å². The van der Waals surface area contributed by atoms with Gasteiger partial charge in [0.25, 0.3) is 0 Å². The number of unbranched alkanes of at least 4 members (excludes halogenated alkanes) is 7. The van der Waals surface area contributed by atoms with Gasteiger partial charge in [0.2, 0.25) is 0 Å². The molecule has 4 nitrogen and oxygen atoms in total. The molecule has 0 aromatic heterocycles. The standard InChI is InChI=1S/C25H40O4/c1-24(20-21-25(2,29-28-24)19-17-23(26)27)18-13-8-6-4-3-5-7-10-14-22-15-11-9-12-16-22/h9,11-12,15-16H,3-8,10,13-14,17-21H2,1-2H3,(H,26,27). The van der Waals surface area contributed by atoms with Crippen LogP contribution in [0.4, 0.5) is 0 Å². The van der Waals surface area contributed by atoms with Gasteiger partial charge in [0.1, 0.15) is 11.2 Å². The van der Waals surface area contributed by atoms with E-state index in [1.54, 1.807) is 0 Å². The summed E-state index contributed by atoms with van der Waals surface area (Å²) in [5.74, 6) is -0.778. The van der Waals surface area contributed by atoms with E-state index < -0.39 is 11.6 Å². The van der Waals surface area contributed by atoms with E-state index in [-0.39, 0.29) is 12.0 Å². The van der Waals surface area contributed by atoms with Gasteiger partial charge in [-0.3, -0.25) is 4.79 Å². The number of carbonyl (C=O) groups is 1. The fourth-order valence-corrected chi connectivity index (χ4v) is 4.05. The molecular weight excluding hydrogens is 364 g/mol. The predicted molar refractivity (Wildman–Crippen MR) is 117 cm³/mol. The first kappa shape index (κ1) is 23.9. The largest absolute Gasteiger partial charge is 0.481 e. The van der Waals surface area contributed by atoms with Crippen LogP contribution < -0.4 is 0 Å². The third-order valence-electron chi connectivity index (χ3n) is 6.26. The minimum absolute atomic E-state index is 0.128. The summed E-state index contributed by atoms with van der Waals surface area (Å²) in [7, 11) is 0. The zero-order chi connectivity index (χ0) is 21.0. The average molecular weight is 405 g/mol. The monoisotopic (exact) mass is 404 g/mol. The Balaban J connectivity index is 1.44. The Morgan fingerprint density at radius 3 is 1.90 bits per heavy atom. The molecule has 0 saturated carbocycles. The summed E-state index contributed by atoms with van der Waals surface area (Å²) in [6, 6.07) is 10.8. The highest BCUT2D eigenvalue weighted by Gasteiger charge is 2.40. The Morgan fingerprint density at radius 2 is 1.34 bits per heavy atom. The number of aliphatic carboxylic acids is 1. The van der Waals surface area contributed by atoms with Crippen molar-refractivity contribution in [2.45, 2.75) is 115 Å². The molecule has 1 saturated heterocycles. The minimum Gasteiger partial charge on any atom is -0.481 e. The Kier molecular flexibility index (Phi) is 10.2. The molecule has 1 aliphatic heterocycles. The highest BCUT2D eigenvalue weighted by Crippen LogP contribution is 2.38. The van der Waals surface area contributed by atoms with E-state index in [4.69, 9.17) is 14.9 Å². The highest BCUT2D eigenvalue weighted by atomic mass is 17.2. The topological polar surface area (TPSA) is 55.8 Å². The van der Waals surface area contributed by atoms with Crippen LogP contribution in [0.15, 0.2) is 30.3 Å². The molecular formula is C25H40O4. The molecule has 2 unspecified atom stereocenters. The zero-order valence-electron chi connectivity index (χ0n) is 18.5. The van der Waals surface area contributed by atoms with Gasteiger partial charge in [0.05, 0.1) is 0 Å². The molecule has 1 N–H and O–H groups in total. The van der Waals surface area contributed by atoms with Crippen molar-refractivity contribution in [3.05, 3.63) is 35.9 Å². The molecule has 1 aromatic rings. The Labute approximate surface area is 176 Å².